The van der Waals surface area contributed by atoms with Gasteiger partial charge in [0.25, 0.3) is 5.91 Å². The number of nitrogens with zero attached hydrogens (tertiary/aromatic N) is 1. The molecule has 70 valence electrons. The Morgan fingerprint density at radius 1 is 1.69 bits per heavy atom. The standard InChI is InChI=1S/C8H9ClN2O2/c1-5(12)8(13)11-6-2-3-7(9)10-4-6/h2-5,12H,1H3,(H,11,13)/t5-/m0/s1. The predicted octanol–water partition coefficient (Wildman–Crippen LogP) is 1.05. The lowest BCUT2D eigenvalue weighted by molar-refractivity contribution is -0.123. The fourth-order valence-corrected chi connectivity index (χ4v) is 0.808. The molecule has 1 rings (SSSR count). The summed E-state index contributed by atoms with van der Waals surface area (Å²) in [5.41, 5.74) is 0.510. The summed E-state index contributed by atoms with van der Waals surface area (Å²) >= 11 is 5.54. The van der Waals surface area contributed by atoms with Crippen molar-refractivity contribution < 1.29 is 9.90 Å². The van der Waals surface area contributed by atoms with E-state index < -0.39 is 12.0 Å². The average molecular weight is 201 g/mol. The summed E-state index contributed by atoms with van der Waals surface area (Å²) < 4.78 is 0. The Morgan fingerprint density at radius 3 is 2.85 bits per heavy atom. The van der Waals surface area contributed by atoms with Crippen LogP contribution >= 0.6 is 11.6 Å². The highest BCUT2D eigenvalue weighted by Crippen LogP contribution is 2.09. The van der Waals surface area contributed by atoms with Crippen molar-refractivity contribution in [1.29, 1.82) is 0 Å². The van der Waals surface area contributed by atoms with Gasteiger partial charge in [-0.3, -0.25) is 4.79 Å². The lowest BCUT2D eigenvalue weighted by Gasteiger charge is -2.05. The Labute approximate surface area is 80.6 Å². The maximum Gasteiger partial charge on any atom is 0.252 e. The Balaban J connectivity index is 2.65. The van der Waals surface area contributed by atoms with Crippen LogP contribution < -0.4 is 5.32 Å². The molecule has 0 spiro atoms. The molecular formula is C8H9ClN2O2. The van der Waals surface area contributed by atoms with Gasteiger partial charge >= 0.3 is 0 Å². The molecule has 1 amide bonds. The molecule has 0 saturated heterocycles. The zero-order valence-corrected chi connectivity index (χ0v) is 7.75. The van der Waals surface area contributed by atoms with E-state index in [2.05, 4.69) is 10.3 Å². The molecule has 1 aromatic heterocycles. The molecule has 0 radical (unpaired) electrons. The number of rotatable bonds is 2. The quantitative estimate of drug-likeness (QED) is 0.702. The third kappa shape index (κ3) is 3.01. The molecule has 0 aromatic carbocycles. The van der Waals surface area contributed by atoms with Crippen LogP contribution in [0.4, 0.5) is 5.69 Å². The van der Waals surface area contributed by atoms with Gasteiger partial charge in [0.05, 0.1) is 11.9 Å². The number of hydrogen-bond acceptors (Lipinski definition) is 3. The molecule has 4 nitrogen and oxygen atoms in total. The molecule has 0 fully saturated rings. The first-order chi connectivity index (χ1) is 6.09. The molecule has 0 bridgehead atoms. The van der Waals surface area contributed by atoms with E-state index in [9.17, 15) is 4.79 Å². The molecular weight excluding hydrogens is 192 g/mol. The van der Waals surface area contributed by atoms with E-state index in [0.717, 1.165) is 0 Å². The number of carbonyl (C=O) groups is 1. The van der Waals surface area contributed by atoms with E-state index in [0.29, 0.717) is 10.8 Å². The number of hydrogen-bond donors (Lipinski definition) is 2. The van der Waals surface area contributed by atoms with E-state index in [1.807, 2.05) is 0 Å². The molecule has 0 aliphatic rings. The van der Waals surface area contributed by atoms with Gasteiger partial charge in [-0.2, -0.15) is 0 Å². The van der Waals surface area contributed by atoms with Crippen molar-refractivity contribution in [3.8, 4) is 0 Å². The number of amides is 1. The smallest absolute Gasteiger partial charge is 0.252 e. The van der Waals surface area contributed by atoms with E-state index in [-0.39, 0.29) is 0 Å². The van der Waals surface area contributed by atoms with Crippen LogP contribution in [-0.2, 0) is 4.79 Å². The molecule has 0 aliphatic carbocycles. The van der Waals surface area contributed by atoms with Gasteiger partial charge < -0.3 is 10.4 Å². The topological polar surface area (TPSA) is 62.2 Å². The second-order valence-corrected chi connectivity index (χ2v) is 2.92. The minimum Gasteiger partial charge on any atom is -0.384 e. The van der Waals surface area contributed by atoms with Gasteiger partial charge in [-0.05, 0) is 19.1 Å². The van der Waals surface area contributed by atoms with Crippen molar-refractivity contribution in [2.75, 3.05) is 5.32 Å². The Kier molecular flexibility index (Phi) is 3.22. The SMILES string of the molecule is C[C@H](O)C(=O)Nc1ccc(Cl)nc1. The van der Waals surface area contributed by atoms with Gasteiger partial charge in [-0.15, -0.1) is 0 Å². The maximum atomic E-state index is 11.0. The highest BCUT2D eigenvalue weighted by Gasteiger charge is 2.08. The summed E-state index contributed by atoms with van der Waals surface area (Å²) in [5.74, 6) is -0.468. The first-order valence-electron chi connectivity index (χ1n) is 3.70. The van der Waals surface area contributed by atoms with Crippen LogP contribution in [0, 0.1) is 0 Å². The first kappa shape index (κ1) is 9.95. The molecule has 5 heteroatoms. The maximum absolute atomic E-state index is 11.0. The number of aromatic nitrogens is 1. The summed E-state index contributed by atoms with van der Waals surface area (Å²) in [7, 11) is 0. The zero-order chi connectivity index (χ0) is 9.84. The summed E-state index contributed by atoms with van der Waals surface area (Å²) in [6.07, 6.45) is 0.387. The van der Waals surface area contributed by atoms with Crippen LogP contribution in [0.25, 0.3) is 0 Å². The number of halogens is 1. The second kappa shape index (κ2) is 4.20. The highest BCUT2D eigenvalue weighted by molar-refractivity contribution is 6.29. The molecule has 1 aromatic rings. The summed E-state index contributed by atoms with van der Waals surface area (Å²) in [5, 5.41) is 11.7. The Bertz CT molecular complexity index is 298. The summed E-state index contributed by atoms with van der Waals surface area (Å²) in [6.45, 7) is 1.39. The summed E-state index contributed by atoms with van der Waals surface area (Å²) in [6, 6.07) is 3.16. The fourth-order valence-electron chi connectivity index (χ4n) is 0.696. The predicted molar refractivity (Wildman–Crippen MR) is 49.6 cm³/mol. The fraction of sp³-hybridized carbons (Fsp3) is 0.250. The molecule has 1 atom stereocenters. The van der Waals surface area contributed by atoms with Crippen molar-refractivity contribution in [2.24, 2.45) is 0 Å². The molecule has 0 unspecified atom stereocenters. The van der Waals surface area contributed by atoms with E-state index in [4.69, 9.17) is 16.7 Å². The van der Waals surface area contributed by atoms with Gasteiger partial charge in [0.1, 0.15) is 11.3 Å². The van der Waals surface area contributed by atoms with Crippen molar-refractivity contribution in [1.82, 2.24) is 4.98 Å². The number of anilines is 1. The van der Waals surface area contributed by atoms with Crippen LogP contribution in [0.1, 0.15) is 6.92 Å². The van der Waals surface area contributed by atoms with Gasteiger partial charge in [-0.25, -0.2) is 4.98 Å². The Morgan fingerprint density at radius 2 is 2.38 bits per heavy atom. The minimum absolute atomic E-state index is 0.357. The lowest BCUT2D eigenvalue weighted by atomic mass is 10.3. The normalized spacial score (nSPS) is 12.2. The third-order valence-electron chi connectivity index (χ3n) is 1.37. The lowest BCUT2D eigenvalue weighted by Crippen LogP contribution is -2.24. The van der Waals surface area contributed by atoms with Crippen molar-refractivity contribution in [3.05, 3.63) is 23.5 Å². The Hall–Kier alpha value is -1.13. The van der Waals surface area contributed by atoms with Crippen molar-refractivity contribution in [3.63, 3.8) is 0 Å². The van der Waals surface area contributed by atoms with Gasteiger partial charge in [0, 0.05) is 0 Å². The number of aliphatic hydroxyl groups excluding tert-OH is 1. The van der Waals surface area contributed by atoms with Gasteiger partial charge in [-0.1, -0.05) is 11.6 Å². The third-order valence-corrected chi connectivity index (χ3v) is 1.60. The van der Waals surface area contributed by atoms with E-state index in [1.54, 1.807) is 12.1 Å². The van der Waals surface area contributed by atoms with E-state index in [1.165, 1.54) is 13.1 Å². The van der Waals surface area contributed by atoms with Gasteiger partial charge in [0.2, 0.25) is 0 Å². The largest absolute Gasteiger partial charge is 0.384 e. The van der Waals surface area contributed by atoms with Gasteiger partial charge in [0.15, 0.2) is 0 Å². The summed E-state index contributed by atoms with van der Waals surface area (Å²) in [4.78, 5) is 14.7. The molecule has 1 heterocycles. The minimum atomic E-state index is -1.03. The molecule has 2 N–H and O–H groups in total. The second-order valence-electron chi connectivity index (χ2n) is 2.53. The van der Waals surface area contributed by atoms with E-state index >= 15 is 0 Å². The van der Waals surface area contributed by atoms with Crippen LogP contribution in [0.15, 0.2) is 18.3 Å². The van der Waals surface area contributed by atoms with Crippen molar-refractivity contribution >= 4 is 23.2 Å². The van der Waals surface area contributed by atoms with Crippen molar-refractivity contribution in [2.45, 2.75) is 13.0 Å². The van der Waals surface area contributed by atoms with Crippen LogP contribution in [-0.4, -0.2) is 22.1 Å². The number of pyridine rings is 1. The number of nitrogens with one attached hydrogen (secondary N) is 1. The average Bonchev–Trinajstić information content (AvgIpc) is 2.08. The molecule has 0 saturated carbocycles. The van der Waals surface area contributed by atoms with Crippen LogP contribution in [0.5, 0.6) is 0 Å². The highest BCUT2D eigenvalue weighted by atomic mass is 35.5. The van der Waals surface area contributed by atoms with Crippen LogP contribution in [0.3, 0.4) is 0 Å². The first-order valence-corrected chi connectivity index (χ1v) is 4.08. The zero-order valence-electron chi connectivity index (χ0n) is 6.99. The molecule has 0 aliphatic heterocycles. The molecule has 13 heavy (non-hydrogen) atoms. The number of aliphatic hydroxyl groups is 1. The monoisotopic (exact) mass is 200 g/mol. The van der Waals surface area contributed by atoms with Crippen LogP contribution in [0.2, 0.25) is 5.15 Å². The number of carbonyl (C=O) groups excluding carboxylic acids is 1.